The maximum absolute atomic E-state index is 11.0. The second-order valence-electron chi connectivity index (χ2n) is 4.29. The molecule has 4 nitrogen and oxygen atoms in total. The average Bonchev–Trinajstić information content (AvgIpc) is 2.64. The minimum absolute atomic E-state index is 0.0455. The first kappa shape index (κ1) is 12.4. The van der Waals surface area contributed by atoms with E-state index >= 15 is 0 Å². The van der Waals surface area contributed by atoms with E-state index in [1.165, 1.54) is 0 Å². The lowest BCUT2D eigenvalue weighted by Crippen LogP contribution is -2.17. The molecule has 0 aromatic heterocycles. The van der Waals surface area contributed by atoms with Crippen LogP contribution in [0.4, 0.5) is 0 Å². The molecule has 0 spiro atoms. The Hall–Kier alpha value is -1.07. The van der Waals surface area contributed by atoms with E-state index in [9.17, 15) is 8.42 Å². The summed E-state index contributed by atoms with van der Waals surface area (Å²) in [5.41, 5.74) is 0. The Labute approximate surface area is 102 Å². The van der Waals surface area contributed by atoms with Gasteiger partial charge in [0.2, 0.25) is 0 Å². The van der Waals surface area contributed by atoms with Gasteiger partial charge in [0.15, 0.2) is 0 Å². The van der Waals surface area contributed by atoms with Crippen molar-refractivity contribution in [3.63, 3.8) is 0 Å². The zero-order valence-electron chi connectivity index (χ0n) is 9.70. The smallest absolute Gasteiger partial charge is 0.264 e. The topological polar surface area (TPSA) is 52.6 Å². The van der Waals surface area contributed by atoms with Gasteiger partial charge in [0, 0.05) is 6.42 Å². The quantitative estimate of drug-likeness (QED) is 0.773. The van der Waals surface area contributed by atoms with Gasteiger partial charge in [0.25, 0.3) is 10.1 Å². The summed E-state index contributed by atoms with van der Waals surface area (Å²) in [4.78, 5) is 0. The third-order valence-electron chi connectivity index (χ3n) is 2.69. The van der Waals surface area contributed by atoms with Crippen LogP contribution >= 0.6 is 0 Å². The number of para-hydroxylation sites is 1. The van der Waals surface area contributed by atoms with Crippen LogP contribution < -0.4 is 4.74 Å². The van der Waals surface area contributed by atoms with E-state index in [0.717, 1.165) is 24.8 Å². The molecular formula is C12H16O4S. The zero-order valence-corrected chi connectivity index (χ0v) is 10.5. The van der Waals surface area contributed by atoms with Gasteiger partial charge in [-0.15, -0.1) is 0 Å². The van der Waals surface area contributed by atoms with Crippen molar-refractivity contribution in [2.75, 3.05) is 6.26 Å². The first-order chi connectivity index (χ1) is 8.03. The zero-order chi connectivity index (χ0) is 12.3. The summed E-state index contributed by atoms with van der Waals surface area (Å²) >= 11 is 0. The lowest BCUT2D eigenvalue weighted by Gasteiger charge is -2.13. The molecule has 2 rings (SSSR count). The highest BCUT2D eigenvalue weighted by Crippen LogP contribution is 2.27. The fourth-order valence-electron chi connectivity index (χ4n) is 2.03. The molecule has 2 atom stereocenters. The van der Waals surface area contributed by atoms with Crippen LogP contribution in [0.5, 0.6) is 5.75 Å². The number of benzene rings is 1. The fraction of sp³-hybridized carbons (Fsp3) is 0.500. The average molecular weight is 256 g/mol. The van der Waals surface area contributed by atoms with Gasteiger partial charge in [-0.25, -0.2) is 0 Å². The predicted octanol–water partition coefficient (Wildman–Crippen LogP) is 1.96. The monoisotopic (exact) mass is 256 g/mol. The van der Waals surface area contributed by atoms with Crippen molar-refractivity contribution in [1.29, 1.82) is 0 Å². The lowest BCUT2D eigenvalue weighted by atomic mass is 10.3. The lowest BCUT2D eigenvalue weighted by molar-refractivity contribution is 0.171. The highest BCUT2D eigenvalue weighted by Gasteiger charge is 2.29. The van der Waals surface area contributed by atoms with E-state index in [2.05, 4.69) is 0 Å². The first-order valence-electron chi connectivity index (χ1n) is 5.63. The SMILES string of the molecule is CS(=O)(=O)OC1CCC(Oc2ccccc2)C1. The van der Waals surface area contributed by atoms with Gasteiger partial charge < -0.3 is 4.74 Å². The standard InChI is InChI=1S/C12H16O4S/c1-17(13,14)16-12-8-7-11(9-12)15-10-5-3-2-4-6-10/h2-6,11-12H,7-9H2,1H3. The maximum atomic E-state index is 11.0. The third kappa shape index (κ3) is 4.02. The van der Waals surface area contributed by atoms with Crippen molar-refractivity contribution >= 4 is 10.1 Å². The molecule has 1 fully saturated rings. The van der Waals surface area contributed by atoms with Crippen LogP contribution in [0.3, 0.4) is 0 Å². The van der Waals surface area contributed by atoms with E-state index < -0.39 is 10.1 Å². The van der Waals surface area contributed by atoms with E-state index in [1.54, 1.807) is 0 Å². The molecule has 17 heavy (non-hydrogen) atoms. The van der Waals surface area contributed by atoms with Crippen molar-refractivity contribution in [3.8, 4) is 5.75 Å². The number of hydrogen-bond acceptors (Lipinski definition) is 4. The Balaban J connectivity index is 1.86. The molecule has 0 saturated heterocycles. The maximum Gasteiger partial charge on any atom is 0.264 e. The number of ether oxygens (including phenoxy) is 1. The molecule has 2 unspecified atom stereocenters. The normalized spacial score (nSPS) is 24.8. The van der Waals surface area contributed by atoms with Crippen LogP contribution in [0.2, 0.25) is 0 Å². The summed E-state index contributed by atoms with van der Waals surface area (Å²) in [7, 11) is -3.36. The first-order valence-corrected chi connectivity index (χ1v) is 7.44. The third-order valence-corrected chi connectivity index (χ3v) is 3.31. The van der Waals surface area contributed by atoms with Gasteiger partial charge in [-0.05, 0) is 25.0 Å². The van der Waals surface area contributed by atoms with E-state index in [4.69, 9.17) is 8.92 Å². The van der Waals surface area contributed by atoms with Gasteiger partial charge in [-0.2, -0.15) is 8.42 Å². The van der Waals surface area contributed by atoms with Gasteiger partial charge in [0.1, 0.15) is 11.9 Å². The Morgan fingerprint density at radius 3 is 2.41 bits per heavy atom. The van der Waals surface area contributed by atoms with E-state index in [-0.39, 0.29) is 12.2 Å². The molecule has 1 aromatic carbocycles. The molecule has 5 heteroatoms. The summed E-state index contributed by atoms with van der Waals surface area (Å²) in [5, 5.41) is 0. The molecule has 1 saturated carbocycles. The van der Waals surface area contributed by atoms with Crippen LogP contribution in [0.25, 0.3) is 0 Å². The molecule has 1 aliphatic rings. The Morgan fingerprint density at radius 2 is 1.76 bits per heavy atom. The minimum Gasteiger partial charge on any atom is -0.490 e. The van der Waals surface area contributed by atoms with Gasteiger partial charge in [-0.3, -0.25) is 4.18 Å². The highest BCUT2D eigenvalue weighted by molar-refractivity contribution is 7.86. The van der Waals surface area contributed by atoms with E-state index in [1.807, 2.05) is 30.3 Å². The van der Waals surface area contributed by atoms with Gasteiger partial charge >= 0.3 is 0 Å². The van der Waals surface area contributed by atoms with Gasteiger partial charge in [0.05, 0.1) is 12.4 Å². The molecule has 1 aliphatic carbocycles. The molecule has 0 radical (unpaired) electrons. The summed E-state index contributed by atoms with van der Waals surface area (Å²) in [6, 6.07) is 9.54. The van der Waals surface area contributed by atoms with Crippen molar-refractivity contribution < 1.29 is 17.3 Å². The molecule has 0 heterocycles. The second-order valence-corrected chi connectivity index (χ2v) is 5.89. The summed E-state index contributed by atoms with van der Waals surface area (Å²) in [6.45, 7) is 0. The van der Waals surface area contributed by atoms with Crippen molar-refractivity contribution in [2.45, 2.75) is 31.5 Å². The molecule has 1 aromatic rings. The Morgan fingerprint density at radius 1 is 1.12 bits per heavy atom. The Kier molecular flexibility index (Phi) is 3.69. The number of rotatable bonds is 4. The van der Waals surface area contributed by atoms with Crippen LogP contribution in [-0.4, -0.2) is 26.9 Å². The highest BCUT2D eigenvalue weighted by atomic mass is 32.2. The van der Waals surface area contributed by atoms with Crippen molar-refractivity contribution in [2.24, 2.45) is 0 Å². The van der Waals surface area contributed by atoms with Crippen LogP contribution in [0.1, 0.15) is 19.3 Å². The van der Waals surface area contributed by atoms with Crippen LogP contribution in [-0.2, 0) is 14.3 Å². The predicted molar refractivity (Wildman–Crippen MR) is 64.4 cm³/mol. The van der Waals surface area contributed by atoms with Crippen LogP contribution in [0.15, 0.2) is 30.3 Å². The molecule has 0 amide bonds. The number of hydrogen-bond donors (Lipinski definition) is 0. The largest absolute Gasteiger partial charge is 0.490 e. The second kappa shape index (κ2) is 5.06. The summed E-state index contributed by atoms with van der Waals surface area (Å²) in [6.07, 6.45) is 3.07. The molecule has 94 valence electrons. The molecule has 0 aliphatic heterocycles. The molecular weight excluding hydrogens is 240 g/mol. The fourth-order valence-corrected chi connectivity index (χ4v) is 2.70. The summed E-state index contributed by atoms with van der Waals surface area (Å²) in [5.74, 6) is 0.817. The molecule has 0 N–H and O–H groups in total. The van der Waals surface area contributed by atoms with Crippen molar-refractivity contribution in [3.05, 3.63) is 30.3 Å². The van der Waals surface area contributed by atoms with E-state index in [0.29, 0.717) is 6.42 Å². The van der Waals surface area contributed by atoms with Crippen LogP contribution in [0, 0.1) is 0 Å². The molecule has 0 bridgehead atoms. The van der Waals surface area contributed by atoms with Crippen molar-refractivity contribution in [1.82, 2.24) is 0 Å². The minimum atomic E-state index is -3.36. The van der Waals surface area contributed by atoms with Gasteiger partial charge in [-0.1, -0.05) is 18.2 Å². The summed E-state index contributed by atoms with van der Waals surface area (Å²) < 4.78 is 32.7. The Bertz CT molecular complexity index is 455.